The van der Waals surface area contributed by atoms with Gasteiger partial charge in [0, 0.05) is 44.1 Å². The van der Waals surface area contributed by atoms with E-state index in [1.807, 2.05) is 18.2 Å². The first-order valence-electron chi connectivity index (χ1n) is 17.4. The second-order valence-corrected chi connectivity index (χ2v) is 17.1. The number of benzene rings is 2. The fraction of sp³-hybridized carbons (Fsp3) is 0.342. The Morgan fingerprint density at radius 3 is 2.33 bits per heavy atom. The van der Waals surface area contributed by atoms with Crippen LogP contribution in [0.25, 0.3) is 0 Å². The monoisotopic (exact) mass is 805 g/mol. The number of carbonyl (C=O) groups is 3. The van der Waals surface area contributed by atoms with E-state index in [0.29, 0.717) is 48.6 Å². The second-order valence-electron chi connectivity index (χ2n) is 13.0. The number of aliphatic hydroxyl groups is 1. The molecule has 3 amide bonds. The molecule has 5 heterocycles. The molecule has 1 N–H and O–H groups in total. The van der Waals surface area contributed by atoms with Crippen LogP contribution in [-0.2, 0) is 4.74 Å². The Hall–Kier alpha value is -4.84. The maximum absolute atomic E-state index is 13.9. The van der Waals surface area contributed by atoms with Crippen LogP contribution >= 0.6 is 31.4 Å². The van der Waals surface area contributed by atoms with Crippen molar-refractivity contribution >= 4 is 66.9 Å². The number of methoxy groups -OCH3 is 2. The van der Waals surface area contributed by atoms with Crippen molar-refractivity contribution in [1.29, 1.82) is 0 Å². The normalized spacial score (nSPS) is 20.0. The molecule has 7 rings (SSSR count). The number of aliphatic hydroxyl groups excluding tert-OH is 1. The summed E-state index contributed by atoms with van der Waals surface area (Å²) in [5.41, 5.74) is 2.96. The summed E-state index contributed by atoms with van der Waals surface area (Å²) in [7, 11) is 7.07. The van der Waals surface area contributed by atoms with E-state index in [-0.39, 0.29) is 66.3 Å². The Bertz CT molecular complexity index is 2030. The maximum Gasteiger partial charge on any atom is 0.417 e. The number of carbonyl (C=O) groups excluding carboxylic acids is 3. The number of amides is 3. The quantitative estimate of drug-likeness (QED) is 0.0864. The van der Waals surface area contributed by atoms with Gasteiger partial charge in [-0.25, -0.2) is 14.7 Å². The van der Waals surface area contributed by atoms with Gasteiger partial charge in [0.2, 0.25) is 0 Å². The summed E-state index contributed by atoms with van der Waals surface area (Å²) in [5.74, 6) is 0.806. The number of aliphatic imine (C=N–C) groups is 1. The lowest BCUT2D eigenvalue weighted by molar-refractivity contribution is 0.0500. The molecular formula is C38H39N5O9S3. The van der Waals surface area contributed by atoms with E-state index >= 15 is 0 Å². The maximum atomic E-state index is 13.9. The molecule has 3 aromatic rings. The van der Waals surface area contributed by atoms with Crippen LogP contribution < -0.4 is 23.8 Å². The van der Waals surface area contributed by atoms with E-state index in [1.165, 1.54) is 62.7 Å². The summed E-state index contributed by atoms with van der Waals surface area (Å²) in [6.07, 6.45) is 2.64. The third-order valence-corrected chi connectivity index (χ3v) is 13.0. The van der Waals surface area contributed by atoms with Gasteiger partial charge in [-0.1, -0.05) is 30.4 Å². The van der Waals surface area contributed by atoms with Crippen LogP contribution in [0.15, 0.2) is 83.0 Å². The highest BCUT2D eigenvalue weighted by molar-refractivity contribution is 9.09. The number of aromatic nitrogens is 1. The molecule has 0 radical (unpaired) electrons. The molecule has 0 spiro atoms. The predicted molar refractivity (Wildman–Crippen MR) is 212 cm³/mol. The molecule has 2 saturated heterocycles. The van der Waals surface area contributed by atoms with Gasteiger partial charge in [-0.3, -0.25) is 14.6 Å². The van der Waals surface area contributed by atoms with E-state index < -0.39 is 18.4 Å². The van der Waals surface area contributed by atoms with Gasteiger partial charge in [0.15, 0.2) is 29.2 Å². The summed E-state index contributed by atoms with van der Waals surface area (Å²) >= 11 is 0. The number of hydrogen-bond acceptors (Lipinski definition) is 14. The highest BCUT2D eigenvalue weighted by Crippen LogP contribution is 2.43. The molecular weight excluding hydrogens is 767 g/mol. The van der Waals surface area contributed by atoms with Crippen molar-refractivity contribution < 1.29 is 43.2 Å². The number of hydrogen-bond donors (Lipinski definition) is 1. The molecule has 55 heavy (non-hydrogen) atoms. The molecule has 2 aromatic carbocycles. The van der Waals surface area contributed by atoms with Crippen molar-refractivity contribution in [3.05, 3.63) is 84.1 Å². The van der Waals surface area contributed by atoms with Gasteiger partial charge < -0.3 is 38.6 Å². The highest BCUT2D eigenvalue weighted by atomic mass is 33.5. The van der Waals surface area contributed by atoms with E-state index in [2.05, 4.69) is 23.1 Å². The number of nitrogens with zero attached hydrogens (tertiary/aromatic N) is 5. The van der Waals surface area contributed by atoms with Crippen LogP contribution in [0.4, 0.5) is 16.2 Å². The SMILES string of the molecule is C=C1C[C@H]2C=Nc3cc(OCCCOc4cc5c(cc4OC)C(=O)N4CC(=C)C[C@H]4C(O)N5C(=O)OCSSSc4ccccn4)c(OC)cc3C(=O)N2C1. The average molecular weight is 806 g/mol. The first-order chi connectivity index (χ1) is 26.7. The Balaban J connectivity index is 1.04. The standard InChI is InChI=1S/C38H39N5O9S3/c1-22-12-24-18-40-27-16-32(30(48-3)14-25(27)35(44)41(24)19-22)50-10-7-11-51-33-17-28-26(15-31(33)49-4)36(45)42-20-23(2)13-29(42)37(46)43(28)38(47)52-21-53-55-54-34-8-5-6-9-39-34/h5-6,8-9,14-18,24,29,37,46H,1-2,7,10-13,19-21H2,3-4H3/t24-,29-,37?/m0/s1. The zero-order valence-electron chi connectivity index (χ0n) is 30.2. The van der Waals surface area contributed by atoms with Gasteiger partial charge >= 0.3 is 6.09 Å². The zero-order valence-corrected chi connectivity index (χ0v) is 32.6. The van der Waals surface area contributed by atoms with Gasteiger partial charge in [-0.15, -0.1) is 0 Å². The van der Waals surface area contributed by atoms with Crippen LogP contribution in [0.5, 0.6) is 23.0 Å². The molecule has 0 bridgehead atoms. The molecule has 14 nitrogen and oxygen atoms in total. The number of rotatable bonds is 13. The van der Waals surface area contributed by atoms with Crippen molar-refractivity contribution in [1.82, 2.24) is 14.8 Å². The molecule has 17 heteroatoms. The minimum Gasteiger partial charge on any atom is -0.493 e. The molecule has 2 fully saturated rings. The van der Waals surface area contributed by atoms with Crippen LogP contribution in [0.3, 0.4) is 0 Å². The van der Waals surface area contributed by atoms with Gasteiger partial charge in [-0.05, 0) is 68.5 Å². The molecule has 4 aliphatic rings. The Labute approximate surface area is 329 Å². The molecule has 0 aliphatic carbocycles. The first kappa shape index (κ1) is 38.4. The van der Waals surface area contributed by atoms with Crippen molar-refractivity contribution in [3.63, 3.8) is 0 Å². The first-order valence-corrected chi connectivity index (χ1v) is 21.0. The van der Waals surface area contributed by atoms with Crippen LogP contribution in [-0.4, -0.2) is 109 Å². The Morgan fingerprint density at radius 2 is 1.60 bits per heavy atom. The molecule has 288 valence electrons. The lowest BCUT2D eigenvalue weighted by Crippen LogP contribution is -2.50. The van der Waals surface area contributed by atoms with Gasteiger partial charge in [0.25, 0.3) is 11.8 Å². The lowest BCUT2D eigenvalue weighted by Gasteiger charge is -2.31. The summed E-state index contributed by atoms with van der Waals surface area (Å²) in [4.78, 5) is 54.1. The Kier molecular flexibility index (Phi) is 11.8. The summed E-state index contributed by atoms with van der Waals surface area (Å²) < 4.78 is 29.0. The summed E-state index contributed by atoms with van der Waals surface area (Å²) in [5, 5.41) is 12.4. The summed E-state index contributed by atoms with van der Waals surface area (Å²) in [6.45, 7) is 9.17. The van der Waals surface area contributed by atoms with E-state index in [1.54, 1.807) is 29.4 Å². The number of anilines is 1. The Morgan fingerprint density at radius 1 is 0.909 bits per heavy atom. The molecule has 1 unspecified atom stereocenters. The van der Waals surface area contributed by atoms with Crippen molar-refractivity contribution in [2.75, 3.05) is 51.4 Å². The minimum atomic E-state index is -1.42. The van der Waals surface area contributed by atoms with Crippen molar-refractivity contribution in [2.45, 2.75) is 42.6 Å². The lowest BCUT2D eigenvalue weighted by atomic mass is 10.1. The molecule has 4 aliphatic heterocycles. The van der Waals surface area contributed by atoms with Gasteiger partial charge in [0.1, 0.15) is 11.0 Å². The van der Waals surface area contributed by atoms with Crippen LogP contribution in [0.1, 0.15) is 40.0 Å². The zero-order chi connectivity index (χ0) is 38.6. The van der Waals surface area contributed by atoms with E-state index in [0.717, 1.165) is 21.1 Å². The number of fused-ring (bicyclic) bond motifs is 4. The van der Waals surface area contributed by atoms with Crippen LogP contribution in [0.2, 0.25) is 0 Å². The highest BCUT2D eigenvalue weighted by Gasteiger charge is 2.46. The molecule has 3 atom stereocenters. The van der Waals surface area contributed by atoms with Crippen molar-refractivity contribution in [3.8, 4) is 23.0 Å². The average Bonchev–Trinajstić information content (AvgIpc) is 3.73. The van der Waals surface area contributed by atoms with E-state index in [9.17, 15) is 19.5 Å². The van der Waals surface area contributed by atoms with E-state index in [4.69, 9.17) is 23.7 Å². The third-order valence-electron chi connectivity index (χ3n) is 9.42. The molecule has 1 aromatic heterocycles. The minimum absolute atomic E-state index is 0.0246. The van der Waals surface area contributed by atoms with Gasteiger partial charge in [-0.2, -0.15) is 0 Å². The predicted octanol–water partition coefficient (Wildman–Crippen LogP) is 6.53. The topological polar surface area (TPSA) is 153 Å². The van der Waals surface area contributed by atoms with Crippen LogP contribution in [0, 0.1) is 0 Å². The fourth-order valence-electron chi connectivity index (χ4n) is 6.83. The van der Waals surface area contributed by atoms with Gasteiger partial charge in [0.05, 0.1) is 62.0 Å². The smallest absolute Gasteiger partial charge is 0.417 e. The largest absolute Gasteiger partial charge is 0.493 e. The fourth-order valence-corrected chi connectivity index (χ4v) is 9.70. The number of ether oxygens (including phenoxy) is 5. The third kappa shape index (κ3) is 8.10. The number of pyridine rings is 1. The van der Waals surface area contributed by atoms with Crippen molar-refractivity contribution in [2.24, 2.45) is 4.99 Å². The second kappa shape index (κ2) is 16.9. The molecule has 0 saturated carbocycles. The summed E-state index contributed by atoms with van der Waals surface area (Å²) in [6, 6.07) is 11.1.